The van der Waals surface area contributed by atoms with E-state index < -0.39 is 29.7 Å². The second-order valence-electron chi connectivity index (χ2n) is 7.12. The minimum absolute atomic E-state index is 0.0349. The molecule has 1 aromatic heterocycles. The van der Waals surface area contributed by atoms with E-state index >= 15 is 0 Å². The molecule has 1 atom stereocenters. The quantitative estimate of drug-likeness (QED) is 0.578. The Morgan fingerprint density at radius 2 is 1.94 bits per heavy atom. The van der Waals surface area contributed by atoms with Crippen LogP contribution >= 0.6 is 0 Å². The van der Waals surface area contributed by atoms with Crippen LogP contribution in [0.15, 0.2) is 47.1 Å². The van der Waals surface area contributed by atoms with Crippen molar-refractivity contribution in [3.63, 3.8) is 0 Å². The lowest BCUT2D eigenvalue weighted by Crippen LogP contribution is -2.45. The third kappa shape index (κ3) is 5.30. The zero-order valence-electron chi connectivity index (χ0n) is 17.2. The summed E-state index contributed by atoms with van der Waals surface area (Å²) in [4.78, 5) is 51.7. The highest BCUT2D eigenvalue weighted by molar-refractivity contribution is 6.23. The van der Waals surface area contributed by atoms with E-state index in [9.17, 15) is 19.2 Å². The Hall–Kier alpha value is -3.62. The first-order chi connectivity index (χ1) is 14.9. The molecule has 1 aromatic carbocycles. The fourth-order valence-corrected chi connectivity index (χ4v) is 3.34. The second-order valence-corrected chi connectivity index (χ2v) is 7.12. The zero-order valence-corrected chi connectivity index (χ0v) is 17.2. The van der Waals surface area contributed by atoms with E-state index in [0.717, 1.165) is 11.3 Å². The first-order valence-corrected chi connectivity index (χ1v) is 10.0. The zero-order chi connectivity index (χ0) is 22.4. The van der Waals surface area contributed by atoms with Crippen LogP contribution in [0.1, 0.15) is 38.4 Å². The Kier molecular flexibility index (Phi) is 7.07. The summed E-state index contributed by atoms with van der Waals surface area (Å²) >= 11 is 0. The molecule has 164 valence electrons. The van der Waals surface area contributed by atoms with E-state index in [1.54, 1.807) is 36.4 Å². The highest BCUT2D eigenvalue weighted by Gasteiger charge is 2.44. The summed E-state index contributed by atoms with van der Waals surface area (Å²) in [5.41, 5.74) is 0.386. The maximum absolute atomic E-state index is 13.1. The number of hydrogen-bond donors (Lipinski definition) is 1. The number of carboxylic acid groups (broad SMARTS) is 1. The molecule has 1 saturated heterocycles. The third-order valence-corrected chi connectivity index (χ3v) is 4.85. The summed E-state index contributed by atoms with van der Waals surface area (Å²) in [7, 11) is 0. The predicted octanol–water partition coefficient (Wildman–Crippen LogP) is 2.59. The fraction of sp³-hybridized carbons (Fsp3) is 0.364. The number of benzene rings is 1. The monoisotopic (exact) mass is 428 g/mol. The first-order valence-electron chi connectivity index (χ1n) is 10.0. The number of amides is 3. The number of hydrogen-bond acceptors (Lipinski definition) is 6. The van der Waals surface area contributed by atoms with Crippen LogP contribution in [0.25, 0.3) is 0 Å². The lowest BCUT2D eigenvalue weighted by Gasteiger charge is -2.26. The fourth-order valence-electron chi connectivity index (χ4n) is 3.34. The maximum Gasteiger partial charge on any atom is 0.303 e. The van der Waals surface area contributed by atoms with E-state index in [1.807, 2.05) is 6.92 Å². The predicted molar refractivity (Wildman–Crippen MR) is 109 cm³/mol. The van der Waals surface area contributed by atoms with Gasteiger partial charge in [-0.25, -0.2) is 4.90 Å². The van der Waals surface area contributed by atoms with E-state index in [1.165, 1.54) is 11.2 Å². The lowest BCUT2D eigenvalue weighted by atomic mass is 10.1. The number of aliphatic carboxylic acids is 1. The van der Waals surface area contributed by atoms with Gasteiger partial charge in [0.05, 0.1) is 37.9 Å². The topological polar surface area (TPSA) is 117 Å². The SMILES string of the molecule is CCCOc1ccc(N2C(=O)C[C@@H](N(Cc3ccco3)C(=O)CCC(=O)O)C2=O)cc1. The molecule has 0 radical (unpaired) electrons. The van der Waals surface area contributed by atoms with Gasteiger partial charge in [0.15, 0.2) is 0 Å². The van der Waals surface area contributed by atoms with Crippen molar-refractivity contribution in [1.82, 2.24) is 4.90 Å². The summed E-state index contributed by atoms with van der Waals surface area (Å²) in [6.45, 7) is 2.51. The van der Waals surface area contributed by atoms with Crippen LogP contribution in [0, 0.1) is 0 Å². The molecule has 0 unspecified atom stereocenters. The van der Waals surface area contributed by atoms with Gasteiger partial charge in [-0.05, 0) is 42.8 Å². The van der Waals surface area contributed by atoms with Gasteiger partial charge >= 0.3 is 5.97 Å². The number of anilines is 1. The maximum atomic E-state index is 13.1. The van der Waals surface area contributed by atoms with Crippen LogP contribution < -0.4 is 9.64 Å². The van der Waals surface area contributed by atoms with Crippen molar-refractivity contribution in [3.8, 4) is 5.75 Å². The standard InChI is InChI=1S/C22H24N2O7/c1-2-11-30-16-7-5-15(6-8-16)24-20(26)13-18(22(24)29)23(14-17-4-3-12-31-17)19(25)9-10-21(27)28/h3-8,12,18H,2,9-11,13-14H2,1H3,(H,27,28)/t18-/m1/s1. The number of carbonyl (C=O) groups excluding carboxylic acids is 3. The number of rotatable bonds is 10. The molecular weight excluding hydrogens is 404 g/mol. The van der Waals surface area contributed by atoms with E-state index in [2.05, 4.69) is 0 Å². The van der Waals surface area contributed by atoms with Crippen molar-refractivity contribution < 1.29 is 33.4 Å². The van der Waals surface area contributed by atoms with Gasteiger partial charge in [-0.2, -0.15) is 0 Å². The molecule has 9 nitrogen and oxygen atoms in total. The summed E-state index contributed by atoms with van der Waals surface area (Å²) in [5.74, 6) is -1.57. The van der Waals surface area contributed by atoms with Gasteiger partial charge in [0.25, 0.3) is 5.91 Å². The molecular formula is C22H24N2O7. The number of carboxylic acids is 1. The molecule has 0 bridgehead atoms. The largest absolute Gasteiger partial charge is 0.494 e. The van der Waals surface area contributed by atoms with Crippen molar-refractivity contribution in [1.29, 1.82) is 0 Å². The van der Waals surface area contributed by atoms with Gasteiger partial charge in [0.1, 0.15) is 17.6 Å². The molecule has 1 aliphatic heterocycles. The molecule has 3 rings (SSSR count). The van der Waals surface area contributed by atoms with E-state index in [0.29, 0.717) is 23.8 Å². The Balaban J connectivity index is 1.80. The molecule has 0 saturated carbocycles. The van der Waals surface area contributed by atoms with Gasteiger partial charge in [-0.1, -0.05) is 6.92 Å². The molecule has 3 amide bonds. The molecule has 1 aliphatic rings. The Labute approximate surface area is 179 Å². The van der Waals surface area contributed by atoms with Gasteiger partial charge < -0.3 is 19.2 Å². The van der Waals surface area contributed by atoms with Gasteiger partial charge in [0.2, 0.25) is 11.8 Å². The summed E-state index contributed by atoms with van der Waals surface area (Å²) in [6, 6.07) is 8.85. The summed E-state index contributed by atoms with van der Waals surface area (Å²) in [6.07, 6.45) is 1.45. The Morgan fingerprint density at radius 3 is 2.55 bits per heavy atom. The molecule has 2 aromatic rings. The van der Waals surface area contributed by atoms with Crippen molar-refractivity contribution in [2.24, 2.45) is 0 Å². The normalized spacial score (nSPS) is 15.9. The van der Waals surface area contributed by atoms with Crippen molar-refractivity contribution in [2.45, 2.75) is 45.2 Å². The van der Waals surface area contributed by atoms with Gasteiger partial charge in [-0.15, -0.1) is 0 Å². The minimum Gasteiger partial charge on any atom is -0.494 e. The molecule has 1 fully saturated rings. The lowest BCUT2D eigenvalue weighted by molar-refractivity contribution is -0.143. The van der Waals surface area contributed by atoms with Crippen LogP contribution in [0.4, 0.5) is 5.69 Å². The smallest absolute Gasteiger partial charge is 0.303 e. The van der Waals surface area contributed by atoms with Crippen LogP contribution in [-0.2, 0) is 25.7 Å². The van der Waals surface area contributed by atoms with Crippen molar-refractivity contribution in [3.05, 3.63) is 48.4 Å². The highest BCUT2D eigenvalue weighted by atomic mass is 16.5. The van der Waals surface area contributed by atoms with E-state index in [-0.39, 0.29) is 25.8 Å². The highest BCUT2D eigenvalue weighted by Crippen LogP contribution is 2.28. The van der Waals surface area contributed by atoms with Crippen LogP contribution in [0.5, 0.6) is 5.75 Å². The molecule has 0 spiro atoms. The number of carbonyl (C=O) groups is 4. The molecule has 0 aliphatic carbocycles. The molecule has 2 heterocycles. The average Bonchev–Trinajstić information content (AvgIpc) is 3.36. The van der Waals surface area contributed by atoms with E-state index in [4.69, 9.17) is 14.3 Å². The summed E-state index contributed by atoms with van der Waals surface area (Å²) < 4.78 is 10.8. The summed E-state index contributed by atoms with van der Waals surface area (Å²) in [5, 5.41) is 8.90. The average molecular weight is 428 g/mol. The van der Waals surface area contributed by atoms with Crippen LogP contribution in [-0.4, -0.2) is 46.3 Å². The van der Waals surface area contributed by atoms with Crippen LogP contribution in [0.3, 0.4) is 0 Å². The van der Waals surface area contributed by atoms with Gasteiger partial charge in [0, 0.05) is 6.42 Å². The number of imide groups is 1. The molecule has 1 N–H and O–H groups in total. The number of ether oxygens (including phenoxy) is 1. The Bertz CT molecular complexity index is 937. The molecule has 9 heteroatoms. The minimum atomic E-state index is -1.12. The molecule has 31 heavy (non-hydrogen) atoms. The first kappa shape index (κ1) is 22.1. The number of nitrogens with zero attached hydrogens (tertiary/aromatic N) is 2. The third-order valence-electron chi connectivity index (χ3n) is 4.85. The second kappa shape index (κ2) is 9.92. The number of furan rings is 1. The van der Waals surface area contributed by atoms with Gasteiger partial charge in [-0.3, -0.25) is 19.2 Å². The Morgan fingerprint density at radius 1 is 1.19 bits per heavy atom. The van der Waals surface area contributed by atoms with Crippen LogP contribution in [0.2, 0.25) is 0 Å². The van der Waals surface area contributed by atoms with Crippen molar-refractivity contribution in [2.75, 3.05) is 11.5 Å². The van der Waals surface area contributed by atoms with Crippen molar-refractivity contribution >= 4 is 29.4 Å².